The van der Waals surface area contributed by atoms with E-state index >= 15 is 0 Å². The molecule has 0 aliphatic carbocycles. The highest BCUT2D eigenvalue weighted by Gasteiger charge is 2.02. The van der Waals surface area contributed by atoms with Crippen LogP contribution in [0.1, 0.15) is 16.7 Å². The molecule has 0 heterocycles. The van der Waals surface area contributed by atoms with Gasteiger partial charge in [0.2, 0.25) is 0 Å². The standard InChI is InChI=1S/C15H15BrClNO/c16-14-5-2-11(3-6-14)9-19-10-13-4-1-12(8-18)7-15(13)17/h1-7H,8-10,18H2. The molecule has 0 saturated heterocycles. The number of benzene rings is 2. The largest absolute Gasteiger partial charge is 0.372 e. The van der Waals surface area contributed by atoms with E-state index in [1.54, 1.807) is 0 Å². The van der Waals surface area contributed by atoms with E-state index in [-0.39, 0.29) is 0 Å². The summed E-state index contributed by atoms with van der Waals surface area (Å²) >= 11 is 9.57. The molecule has 2 rings (SSSR count). The molecule has 0 amide bonds. The van der Waals surface area contributed by atoms with Crippen molar-refractivity contribution in [3.8, 4) is 0 Å². The highest BCUT2D eigenvalue weighted by atomic mass is 79.9. The fourth-order valence-corrected chi connectivity index (χ4v) is 2.22. The quantitative estimate of drug-likeness (QED) is 0.882. The fourth-order valence-electron chi connectivity index (χ4n) is 1.69. The van der Waals surface area contributed by atoms with E-state index in [1.807, 2.05) is 42.5 Å². The molecule has 0 spiro atoms. The third kappa shape index (κ3) is 4.32. The van der Waals surface area contributed by atoms with Gasteiger partial charge < -0.3 is 10.5 Å². The van der Waals surface area contributed by atoms with Crippen LogP contribution in [0.2, 0.25) is 5.02 Å². The van der Waals surface area contributed by atoms with E-state index in [4.69, 9.17) is 22.1 Å². The van der Waals surface area contributed by atoms with Crippen LogP contribution in [-0.4, -0.2) is 0 Å². The fraction of sp³-hybridized carbons (Fsp3) is 0.200. The van der Waals surface area contributed by atoms with Gasteiger partial charge in [0.05, 0.1) is 13.2 Å². The summed E-state index contributed by atoms with van der Waals surface area (Å²) in [6.45, 7) is 1.57. The molecule has 0 aromatic heterocycles. The first-order chi connectivity index (χ1) is 9.19. The Morgan fingerprint density at radius 1 is 1.00 bits per heavy atom. The highest BCUT2D eigenvalue weighted by molar-refractivity contribution is 9.10. The van der Waals surface area contributed by atoms with Gasteiger partial charge in [-0.3, -0.25) is 0 Å². The summed E-state index contributed by atoms with van der Waals surface area (Å²) in [5, 5.41) is 0.707. The predicted molar refractivity (Wildman–Crippen MR) is 82.0 cm³/mol. The van der Waals surface area contributed by atoms with Gasteiger partial charge in [-0.15, -0.1) is 0 Å². The maximum Gasteiger partial charge on any atom is 0.0735 e. The first-order valence-electron chi connectivity index (χ1n) is 5.98. The molecule has 2 aromatic carbocycles. The van der Waals surface area contributed by atoms with E-state index < -0.39 is 0 Å². The van der Waals surface area contributed by atoms with Crippen molar-refractivity contribution < 1.29 is 4.74 Å². The van der Waals surface area contributed by atoms with Crippen molar-refractivity contribution in [2.75, 3.05) is 0 Å². The van der Waals surface area contributed by atoms with Gasteiger partial charge in [0.15, 0.2) is 0 Å². The molecule has 0 unspecified atom stereocenters. The minimum absolute atomic E-state index is 0.500. The molecule has 0 fully saturated rings. The third-order valence-electron chi connectivity index (χ3n) is 2.79. The molecule has 100 valence electrons. The Labute approximate surface area is 126 Å². The second-order valence-corrected chi connectivity index (χ2v) is 5.57. The van der Waals surface area contributed by atoms with Gasteiger partial charge in [0.25, 0.3) is 0 Å². The maximum absolute atomic E-state index is 6.17. The van der Waals surface area contributed by atoms with Gasteiger partial charge >= 0.3 is 0 Å². The minimum Gasteiger partial charge on any atom is -0.372 e. The van der Waals surface area contributed by atoms with Crippen LogP contribution in [0.25, 0.3) is 0 Å². The van der Waals surface area contributed by atoms with Gasteiger partial charge in [0.1, 0.15) is 0 Å². The molecule has 2 aromatic rings. The second-order valence-electron chi connectivity index (χ2n) is 4.25. The zero-order valence-corrected chi connectivity index (χ0v) is 12.7. The molecular weight excluding hydrogens is 326 g/mol. The number of hydrogen-bond acceptors (Lipinski definition) is 2. The van der Waals surface area contributed by atoms with E-state index in [0.29, 0.717) is 24.8 Å². The lowest BCUT2D eigenvalue weighted by molar-refractivity contribution is 0.107. The highest BCUT2D eigenvalue weighted by Crippen LogP contribution is 2.19. The van der Waals surface area contributed by atoms with Crippen LogP contribution < -0.4 is 5.73 Å². The van der Waals surface area contributed by atoms with Gasteiger partial charge in [-0.25, -0.2) is 0 Å². The normalized spacial score (nSPS) is 10.7. The zero-order chi connectivity index (χ0) is 13.7. The Balaban J connectivity index is 1.90. The van der Waals surface area contributed by atoms with Crippen LogP contribution in [-0.2, 0) is 24.5 Å². The van der Waals surface area contributed by atoms with Crippen LogP contribution in [0.5, 0.6) is 0 Å². The summed E-state index contributed by atoms with van der Waals surface area (Å²) in [7, 11) is 0. The van der Waals surface area contributed by atoms with Gasteiger partial charge in [0, 0.05) is 16.0 Å². The van der Waals surface area contributed by atoms with Crippen LogP contribution in [0, 0.1) is 0 Å². The van der Waals surface area contributed by atoms with E-state index in [2.05, 4.69) is 15.9 Å². The Morgan fingerprint density at radius 2 is 1.68 bits per heavy atom. The van der Waals surface area contributed by atoms with Crippen molar-refractivity contribution in [3.05, 3.63) is 68.7 Å². The smallest absolute Gasteiger partial charge is 0.0735 e. The van der Waals surface area contributed by atoms with Crippen molar-refractivity contribution in [2.24, 2.45) is 5.73 Å². The molecular formula is C15H15BrClNO. The van der Waals surface area contributed by atoms with Crippen molar-refractivity contribution in [2.45, 2.75) is 19.8 Å². The molecule has 0 atom stereocenters. The lowest BCUT2D eigenvalue weighted by Gasteiger charge is -2.08. The minimum atomic E-state index is 0.500. The number of ether oxygens (including phenoxy) is 1. The monoisotopic (exact) mass is 339 g/mol. The number of nitrogens with two attached hydrogens (primary N) is 1. The summed E-state index contributed by atoms with van der Waals surface area (Å²) in [5.74, 6) is 0. The topological polar surface area (TPSA) is 35.2 Å². The molecule has 4 heteroatoms. The predicted octanol–water partition coefficient (Wildman–Crippen LogP) is 4.28. The maximum atomic E-state index is 6.17. The Bertz CT molecular complexity index is 542. The van der Waals surface area contributed by atoms with Crippen LogP contribution >= 0.6 is 27.5 Å². The Morgan fingerprint density at radius 3 is 2.32 bits per heavy atom. The van der Waals surface area contributed by atoms with Crippen molar-refractivity contribution in [1.29, 1.82) is 0 Å². The van der Waals surface area contributed by atoms with Crippen LogP contribution in [0.4, 0.5) is 0 Å². The average molecular weight is 341 g/mol. The van der Waals surface area contributed by atoms with Crippen LogP contribution in [0.3, 0.4) is 0 Å². The molecule has 0 radical (unpaired) electrons. The summed E-state index contributed by atoms with van der Waals surface area (Å²) < 4.78 is 6.74. The van der Waals surface area contributed by atoms with Gasteiger partial charge in [-0.2, -0.15) is 0 Å². The van der Waals surface area contributed by atoms with E-state index in [1.165, 1.54) is 0 Å². The molecule has 0 aliphatic rings. The van der Waals surface area contributed by atoms with Crippen molar-refractivity contribution >= 4 is 27.5 Å². The lowest BCUT2D eigenvalue weighted by Crippen LogP contribution is -1.99. The van der Waals surface area contributed by atoms with Gasteiger partial charge in [-0.05, 0) is 34.9 Å². The molecule has 2 N–H and O–H groups in total. The SMILES string of the molecule is NCc1ccc(COCc2ccc(Br)cc2)c(Cl)c1. The third-order valence-corrected chi connectivity index (χ3v) is 3.67. The molecule has 2 nitrogen and oxygen atoms in total. The lowest BCUT2D eigenvalue weighted by atomic mass is 10.1. The second kappa shape index (κ2) is 7.06. The zero-order valence-electron chi connectivity index (χ0n) is 10.4. The molecule has 19 heavy (non-hydrogen) atoms. The van der Waals surface area contributed by atoms with E-state index in [9.17, 15) is 0 Å². The number of halogens is 2. The molecule has 0 saturated carbocycles. The van der Waals surface area contributed by atoms with Gasteiger partial charge in [-0.1, -0.05) is 51.8 Å². The average Bonchev–Trinajstić information content (AvgIpc) is 2.42. The first kappa shape index (κ1) is 14.5. The summed E-state index contributed by atoms with van der Waals surface area (Å²) in [6.07, 6.45) is 0. The van der Waals surface area contributed by atoms with E-state index in [0.717, 1.165) is 21.2 Å². The summed E-state index contributed by atoms with van der Waals surface area (Å²) in [4.78, 5) is 0. The summed E-state index contributed by atoms with van der Waals surface area (Å²) in [6, 6.07) is 13.9. The molecule has 0 bridgehead atoms. The Kier molecular flexibility index (Phi) is 5.40. The van der Waals surface area contributed by atoms with Crippen molar-refractivity contribution in [3.63, 3.8) is 0 Å². The summed E-state index contributed by atoms with van der Waals surface area (Å²) in [5.41, 5.74) is 8.71. The first-order valence-corrected chi connectivity index (χ1v) is 7.15. The molecule has 0 aliphatic heterocycles. The number of rotatable bonds is 5. The van der Waals surface area contributed by atoms with Crippen molar-refractivity contribution in [1.82, 2.24) is 0 Å². The number of hydrogen-bond donors (Lipinski definition) is 1. The van der Waals surface area contributed by atoms with Crippen LogP contribution in [0.15, 0.2) is 46.9 Å². The Hall–Kier alpha value is -0.870.